The van der Waals surface area contributed by atoms with Gasteiger partial charge >= 0.3 is 0 Å². The minimum atomic E-state index is -0.848. The van der Waals surface area contributed by atoms with Gasteiger partial charge in [0.25, 0.3) is 5.91 Å². The molecule has 1 aliphatic heterocycles. The van der Waals surface area contributed by atoms with Gasteiger partial charge in [0.05, 0.1) is 0 Å². The number of nitrogens with zero attached hydrogens (tertiary/aromatic N) is 1. The van der Waals surface area contributed by atoms with Crippen LogP contribution in [-0.2, 0) is 6.54 Å². The molecule has 4 rings (SSSR count). The summed E-state index contributed by atoms with van der Waals surface area (Å²) in [7, 11) is 0. The van der Waals surface area contributed by atoms with E-state index in [0.717, 1.165) is 32.0 Å². The zero-order valence-electron chi connectivity index (χ0n) is 15.8. The quantitative estimate of drug-likeness (QED) is 0.711. The minimum Gasteiger partial charge on any atom is -0.360 e. The van der Waals surface area contributed by atoms with Crippen molar-refractivity contribution in [1.82, 2.24) is 15.2 Å². The number of carbonyl (C=O) groups is 1. The van der Waals surface area contributed by atoms with Crippen LogP contribution in [0.2, 0.25) is 0 Å². The van der Waals surface area contributed by atoms with Crippen molar-refractivity contribution in [2.24, 2.45) is 0 Å². The number of H-pyrrole nitrogens is 1. The van der Waals surface area contributed by atoms with Crippen molar-refractivity contribution in [3.05, 3.63) is 81.6 Å². The highest BCUT2D eigenvalue weighted by molar-refractivity contribution is 5.97. The third kappa shape index (κ3) is 4.19. The van der Waals surface area contributed by atoms with Gasteiger partial charge in [-0.1, -0.05) is 18.2 Å². The molecule has 5 nitrogen and oxygen atoms in total. The number of fused-ring (bicyclic) bond motifs is 1. The van der Waals surface area contributed by atoms with Crippen molar-refractivity contribution in [3.63, 3.8) is 0 Å². The Labute approximate surface area is 166 Å². The maximum absolute atomic E-state index is 13.4. The molecule has 3 aromatic rings. The molecule has 1 aromatic heterocycles. The standard InChI is InChI=1S/C22H21F2N3O2/c23-18-6-5-14(11-19(18)24)13-27-9-7-15(8-10-27)26-22(29)17-12-25-20-4-2-1-3-16(20)21(17)28/h1-6,11-12,15H,7-10,13H2,(H,25,28)(H,26,29). The van der Waals surface area contributed by atoms with E-state index in [4.69, 9.17) is 0 Å². The first-order chi connectivity index (χ1) is 14.0. The number of nitrogens with one attached hydrogen (secondary N) is 2. The molecule has 0 spiro atoms. The van der Waals surface area contributed by atoms with E-state index in [0.29, 0.717) is 23.0 Å². The molecule has 2 N–H and O–H groups in total. The second kappa shape index (κ2) is 8.13. The first-order valence-corrected chi connectivity index (χ1v) is 9.59. The summed E-state index contributed by atoms with van der Waals surface area (Å²) in [6, 6.07) is 11.0. The summed E-state index contributed by atoms with van der Waals surface area (Å²) in [5.41, 5.74) is 1.23. The van der Waals surface area contributed by atoms with Crippen LogP contribution in [0.25, 0.3) is 10.9 Å². The molecule has 1 amide bonds. The van der Waals surface area contributed by atoms with E-state index < -0.39 is 11.6 Å². The molecule has 1 fully saturated rings. The molecule has 0 aliphatic carbocycles. The topological polar surface area (TPSA) is 65.2 Å². The van der Waals surface area contributed by atoms with E-state index in [-0.39, 0.29) is 22.9 Å². The highest BCUT2D eigenvalue weighted by atomic mass is 19.2. The predicted molar refractivity (Wildman–Crippen MR) is 107 cm³/mol. The first-order valence-electron chi connectivity index (χ1n) is 9.59. The Morgan fingerprint density at radius 2 is 1.86 bits per heavy atom. The normalized spacial score (nSPS) is 15.5. The molecule has 29 heavy (non-hydrogen) atoms. The predicted octanol–water partition coefficient (Wildman–Crippen LogP) is 3.20. The molecule has 0 bridgehead atoms. The number of benzene rings is 2. The molecule has 0 atom stereocenters. The zero-order chi connectivity index (χ0) is 20.4. The van der Waals surface area contributed by atoms with E-state index in [9.17, 15) is 18.4 Å². The van der Waals surface area contributed by atoms with Crippen LogP contribution in [0.3, 0.4) is 0 Å². The van der Waals surface area contributed by atoms with E-state index >= 15 is 0 Å². The van der Waals surface area contributed by atoms with Gasteiger partial charge in [-0.05, 0) is 42.7 Å². The summed E-state index contributed by atoms with van der Waals surface area (Å²) in [6.45, 7) is 1.97. The summed E-state index contributed by atoms with van der Waals surface area (Å²) < 4.78 is 26.4. The lowest BCUT2D eigenvalue weighted by atomic mass is 10.0. The molecule has 150 valence electrons. The minimum absolute atomic E-state index is 0.0328. The SMILES string of the molecule is O=C(NC1CCN(Cc2ccc(F)c(F)c2)CC1)c1c[nH]c2ccccc2c1=O. The Morgan fingerprint density at radius 1 is 1.10 bits per heavy atom. The van der Waals surface area contributed by atoms with Crippen molar-refractivity contribution in [2.45, 2.75) is 25.4 Å². The van der Waals surface area contributed by atoms with E-state index in [1.165, 1.54) is 12.3 Å². The van der Waals surface area contributed by atoms with Gasteiger partial charge in [0.2, 0.25) is 5.43 Å². The fourth-order valence-corrected chi connectivity index (χ4v) is 3.73. The number of para-hydroxylation sites is 1. The molecule has 0 unspecified atom stereocenters. The van der Waals surface area contributed by atoms with Crippen LogP contribution in [-0.4, -0.2) is 34.9 Å². The highest BCUT2D eigenvalue weighted by Crippen LogP contribution is 2.16. The molecule has 1 aliphatic rings. The van der Waals surface area contributed by atoms with Crippen molar-refractivity contribution < 1.29 is 13.6 Å². The Bertz CT molecular complexity index is 1100. The number of aromatic amines is 1. The number of hydrogen-bond acceptors (Lipinski definition) is 3. The second-order valence-electron chi connectivity index (χ2n) is 7.35. The van der Waals surface area contributed by atoms with Crippen molar-refractivity contribution in [2.75, 3.05) is 13.1 Å². The number of amides is 1. The van der Waals surface area contributed by atoms with Crippen molar-refractivity contribution >= 4 is 16.8 Å². The van der Waals surface area contributed by atoms with Crippen LogP contribution >= 0.6 is 0 Å². The highest BCUT2D eigenvalue weighted by Gasteiger charge is 2.23. The fourth-order valence-electron chi connectivity index (χ4n) is 3.73. The number of carbonyl (C=O) groups excluding carboxylic acids is 1. The van der Waals surface area contributed by atoms with E-state index in [1.807, 2.05) is 6.07 Å². The van der Waals surface area contributed by atoms with Gasteiger partial charge in [-0.2, -0.15) is 0 Å². The number of likely N-dealkylation sites (tertiary alicyclic amines) is 1. The number of pyridine rings is 1. The maximum Gasteiger partial charge on any atom is 0.256 e. The van der Waals surface area contributed by atoms with Gasteiger partial charge in [0.15, 0.2) is 11.6 Å². The van der Waals surface area contributed by atoms with Crippen LogP contribution in [0.4, 0.5) is 8.78 Å². The molecule has 1 saturated heterocycles. The molecule has 0 saturated carbocycles. The lowest BCUT2D eigenvalue weighted by Crippen LogP contribution is -2.45. The Hall–Kier alpha value is -3.06. The number of aromatic nitrogens is 1. The number of hydrogen-bond donors (Lipinski definition) is 2. The maximum atomic E-state index is 13.4. The lowest BCUT2D eigenvalue weighted by molar-refractivity contribution is 0.0907. The van der Waals surface area contributed by atoms with Crippen LogP contribution in [0.5, 0.6) is 0 Å². The zero-order valence-corrected chi connectivity index (χ0v) is 15.8. The van der Waals surface area contributed by atoms with Crippen LogP contribution in [0, 0.1) is 11.6 Å². The molecule has 0 radical (unpaired) electrons. The van der Waals surface area contributed by atoms with E-state index in [2.05, 4.69) is 15.2 Å². The molecule has 7 heteroatoms. The Morgan fingerprint density at radius 3 is 2.62 bits per heavy atom. The summed E-state index contributed by atoms with van der Waals surface area (Å²) in [5, 5.41) is 3.43. The third-order valence-electron chi connectivity index (χ3n) is 5.35. The van der Waals surface area contributed by atoms with Gasteiger partial charge in [-0.15, -0.1) is 0 Å². The summed E-state index contributed by atoms with van der Waals surface area (Å²) in [4.78, 5) is 30.3. The molecule has 2 aromatic carbocycles. The van der Waals surface area contributed by atoms with Crippen LogP contribution in [0.15, 0.2) is 53.5 Å². The number of piperidine rings is 1. The average Bonchev–Trinajstić information content (AvgIpc) is 2.72. The van der Waals surface area contributed by atoms with Gasteiger partial charge in [0.1, 0.15) is 5.56 Å². The second-order valence-corrected chi connectivity index (χ2v) is 7.35. The average molecular weight is 397 g/mol. The number of rotatable bonds is 4. The van der Waals surface area contributed by atoms with Crippen molar-refractivity contribution in [1.29, 1.82) is 0 Å². The van der Waals surface area contributed by atoms with Crippen LogP contribution < -0.4 is 10.7 Å². The lowest BCUT2D eigenvalue weighted by Gasteiger charge is -2.32. The van der Waals surface area contributed by atoms with Gasteiger partial charge in [-0.3, -0.25) is 14.5 Å². The summed E-state index contributed by atoms with van der Waals surface area (Å²) in [6.07, 6.45) is 2.90. The van der Waals surface area contributed by atoms with Crippen molar-refractivity contribution in [3.8, 4) is 0 Å². The summed E-state index contributed by atoms with van der Waals surface area (Å²) in [5.74, 6) is -2.07. The number of halogens is 2. The molecular weight excluding hydrogens is 376 g/mol. The van der Waals surface area contributed by atoms with Gasteiger partial charge in [-0.25, -0.2) is 8.78 Å². The molecule has 2 heterocycles. The Balaban J connectivity index is 1.36. The molecular formula is C22H21F2N3O2. The monoisotopic (exact) mass is 397 g/mol. The Kier molecular flexibility index (Phi) is 5.40. The smallest absolute Gasteiger partial charge is 0.256 e. The largest absolute Gasteiger partial charge is 0.360 e. The first kappa shape index (κ1) is 19.3. The third-order valence-corrected chi connectivity index (χ3v) is 5.35. The fraction of sp³-hybridized carbons (Fsp3) is 0.273. The van der Waals surface area contributed by atoms with Gasteiger partial charge in [0, 0.05) is 42.8 Å². The van der Waals surface area contributed by atoms with E-state index in [1.54, 1.807) is 24.3 Å². The van der Waals surface area contributed by atoms with Crippen LogP contribution in [0.1, 0.15) is 28.8 Å². The van der Waals surface area contributed by atoms with Gasteiger partial charge < -0.3 is 10.3 Å². The summed E-state index contributed by atoms with van der Waals surface area (Å²) >= 11 is 0.